The molecule has 0 aliphatic carbocycles. The molecule has 0 radical (unpaired) electrons. The van der Waals surface area contributed by atoms with E-state index in [0.717, 1.165) is 0 Å². The first kappa shape index (κ1) is 9.60. The van der Waals surface area contributed by atoms with Crippen molar-refractivity contribution in [2.24, 2.45) is 0 Å². The molecule has 2 aliphatic heterocycles. The van der Waals surface area contributed by atoms with Crippen LogP contribution in [0.1, 0.15) is 6.92 Å². The second-order valence-electron chi connectivity index (χ2n) is 2.97. The summed E-state index contributed by atoms with van der Waals surface area (Å²) in [5.74, 6) is -0.319. The molecule has 2 heterocycles. The number of nitrogens with one attached hydrogen (secondary N) is 2. The number of ether oxygens (including phenoxy) is 1. The van der Waals surface area contributed by atoms with Gasteiger partial charge in [0.05, 0.1) is 18.5 Å². The Kier molecular flexibility index (Phi) is 2.34. The molecule has 0 amide bonds. The van der Waals surface area contributed by atoms with Crippen LogP contribution in [0.25, 0.3) is 0 Å². The third kappa shape index (κ3) is 1.66. The quantitative estimate of drug-likeness (QED) is 0.558. The van der Waals surface area contributed by atoms with E-state index in [1.165, 1.54) is 17.3 Å². The number of carbonyl (C=O) groups is 1. The molecule has 80 valence electrons. The maximum absolute atomic E-state index is 11.5. The van der Waals surface area contributed by atoms with Crippen LogP contribution in [-0.2, 0) is 9.53 Å². The fourth-order valence-corrected chi connectivity index (χ4v) is 1.32. The molecular formula is C9H11N3O3. The second kappa shape index (κ2) is 3.66. The summed E-state index contributed by atoms with van der Waals surface area (Å²) in [5, 5.41) is 10.7. The van der Waals surface area contributed by atoms with Crippen LogP contribution in [0.3, 0.4) is 0 Å². The lowest BCUT2D eigenvalue weighted by Crippen LogP contribution is -2.35. The average molecular weight is 209 g/mol. The first-order valence-electron chi connectivity index (χ1n) is 4.53. The second-order valence-corrected chi connectivity index (χ2v) is 2.97. The zero-order valence-corrected chi connectivity index (χ0v) is 8.15. The Morgan fingerprint density at radius 1 is 1.60 bits per heavy atom. The molecule has 6 heteroatoms. The Labute approximate surface area is 86.4 Å². The number of hydrogen-bond donors (Lipinski definition) is 3. The highest BCUT2D eigenvalue weighted by Crippen LogP contribution is 2.20. The number of aliphatic hydroxyl groups is 1. The number of hydrazine groups is 2. The van der Waals surface area contributed by atoms with Crippen molar-refractivity contribution in [3.63, 3.8) is 0 Å². The summed E-state index contributed by atoms with van der Waals surface area (Å²) in [6.07, 6.45) is 4.57. The first-order chi connectivity index (χ1) is 7.22. The van der Waals surface area contributed by atoms with Crippen LogP contribution in [0.2, 0.25) is 0 Å². The minimum absolute atomic E-state index is 0.109. The van der Waals surface area contributed by atoms with Gasteiger partial charge in [0.25, 0.3) is 0 Å². The fourth-order valence-electron chi connectivity index (χ4n) is 1.32. The Hall–Kier alpha value is -1.95. The summed E-state index contributed by atoms with van der Waals surface area (Å²) in [6, 6.07) is 0. The highest BCUT2D eigenvalue weighted by atomic mass is 16.5. The predicted octanol–water partition coefficient (Wildman–Crippen LogP) is 0.0551. The van der Waals surface area contributed by atoms with Gasteiger partial charge in [-0.1, -0.05) is 0 Å². The van der Waals surface area contributed by atoms with Crippen LogP contribution in [0.15, 0.2) is 35.5 Å². The molecule has 3 N–H and O–H groups in total. The van der Waals surface area contributed by atoms with Crippen LogP contribution in [0.4, 0.5) is 0 Å². The molecule has 6 nitrogen and oxygen atoms in total. The minimum Gasteiger partial charge on any atom is -0.506 e. The predicted molar refractivity (Wildman–Crippen MR) is 51.6 cm³/mol. The van der Waals surface area contributed by atoms with Gasteiger partial charge >= 0.3 is 5.97 Å². The van der Waals surface area contributed by atoms with Crippen molar-refractivity contribution >= 4 is 5.97 Å². The SMILES string of the molecule is CCOC(=O)C1=C2C=CC(O)=CN2NN1. The van der Waals surface area contributed by atoms with E-state index in [0.29, 0.717) is 18.0 Å². The molecule has 2 rings (SSSR count). The summed E-state index contributed by atoms with van der Waals surface area (Å²) in [7, 11) is 0. The number of aliphatic hydroxyl groups excluding tert-OH is 1. The highest BCUT2D eigenvalue weighted by Gasteiger charge is 2.26. The van der Waals surface area contributed by atoms with Crippen molar-refractivity contribution in [2.75, 3.05) is 6.61 Å². The molecule has 15 heavy (non-hydrogen) atoms. The standard InChI is InChI=1S/C9H11N3O3/c1-2-15-9(14)8-7-4-3-6(13)5-12(7)11-10-8/h3-5,10-11,13H,2H2,1H3. The van der Waals surface area contributed by atoms with Gasteiger partial charge < -0.3 is 9.84 Å². The van der Waals surface area contributed by atoms with Gasteiger partial charge in [0.1, 0.15) is 5.76 Å². The van der Waals surface area contributed by atoms with Gasteiger partial charge in [-0.15, -0.1) is 5.53 Å². The largest absolute Gasteiger partial charge is 0.506 e. The summed E-state index contributed by atoms with van der Waals surface area (Å²) in [4.78, 5) is 11.5. The number of hydrogen-bond acceptors (Lipinski definition) is 6. The van der Waals surface area contributed by atoms with E-state index in [-0.39, 0.29) is 5.76 Å². The van der Waals surface area contributed by atoms with Gasteiger partial charge in [-0.25, -0.2) is 4.79 Å². The van der Waals surface area contributed by atoms with Crippen molar-refractivity contribution in [1.29, 1.82) is 0 Å². The number of carbonyl (C=O) groups excluding carboxylic acids is 1. The number of nitrogens with zero attached hydrogens (tertiary/aromatic N) is 1. The van der Waals surface area contributed by atoms with Crippen LogP contribution >= 0.6 is 0 Å². The van der Waals surface area contributed by atoms with Crippen LogP contribution in [0.5, 0.6) is 0 Å². The van der Waals surface area contributed by atoms with Crippen LogP contribution in [0, 0.1) is 0 Å². The van der Waals surface area contributed by atoms with Crippen LogP contribution < -0.4 is 11.0 Å². The molecule has 0 saturated carbocycles. The van der Waals surface area contributed by atoms with Crippen molar-refractivity contribution in [1.82, 2.24) is 16.0 Å². The van der Waals surface area contributed by atoms with Crippen molar-refractivity contribution < 1.29 is 14.6 Å². The maximum Gasteiger partial charge on any atom is 0.358 e. The Balaban J connectivity index is 2.24. The average Bonchev–Trinajstić information content (AvgIpc) is 2.60. The van der Waals surface area contributed by atoms with Gasteiger partial charge in [-0.2, -0.15) is 0 Å². The zero-order chi connectivity index (χ0) is 10.8. The highest BCUT2D eigenvalue weighted by molar-refractivity contribution is 5.89. The topological polar surface area (TPSA) is 73.8 Å². The molecule has 0 unspecified atom stereocenters. The molecule has 0 aromatic rings. The molecule has 0 aromatic carbocycles. The number of allylic oxidation sites excluding steroid dienone is 2. The molecule has 0 aromatic heterocycles. The smallest absolute Gasteiger partial charge is 0.358 e. The maximum atomic E-state index is 11.5. The van der Waals surface area contributed by atoms with E-state index >= 15 is 0 Å². The lowest BCUT2D eigenvalue weighted by atomic mass is 10.2. The normalized spacial score (nSPS) is 18.5. The summed E-state index contributed by atoms with van der Waals surface area (Å²) in [6.45, 7) is 2.06. The third-order valence-corrected chi connectivity index (χ3v) is 1.97. The van der Waals surface area contributed by atoms with Gasteiger partial charge in [0.2, 0.25) is 0 Å². The van der Waals surface area contributed by atoms with E-state index < -0.39 is 5.97 Å². The molecule has 2 aliphatic rings. The summed E-state index contributed by atoms with van der Waals surface area (Å²) >= 11 is 0. The van der Waals surface area contributed by atoms with Crippen molar-refractivity contribution in [2.45, 2.75) is 6.92 Å². The van der Waals surface area contributed by atoms with Gasteiger partial charge in [0.15, 0.2) is 5.70 Å². The number of esters is 1. The van der Waals surface area contributed by atoms with Gasteiger partial charge in [-0.05, 0) is 19.1 Å². The lowest BCUT2D eigenvalue weighted by Gasteiger charge is -2.16. The van der Waals surface area contributed by atoms with E-state index in [4.69, 9.17) is 4.74 Å². The number of rotatable bonds is 2. The molecular weight excluding hydrogens is 198 g/mol. The third-order valence-electron chi connectivity index (χ3n) is 1.97. The number of fused-ring (bicyclic) bond motifs is 1. The Morgan fingerprint density at radius 3 is 3.13 bits per heavy atom. The lowest BCUT2D eigenvalue weighted by molar-refractivity contribution is -0.138. The molecule has 0 spiro atoms. The minimum atomic E-state index is -0.429. The molecule has 0 saturated heterocycles. The van der Waals surface area contributed by atoms with Crippen molar-refractivity contribution in [3.05, 3.63) is 35.5 Å². The van der Waals surface area contributed by atoms with Gasteiger partial charge in [0, 0.05) is 0 Å². The molecule has 0 bridgehead atoms. The molecule has 0 atom stereocenters. The first-order valence-corrected chi connectivity index (χ1v) is 4.53. The summed E-state index contributed by atoms with van der Waals surface area (Å²) in [5.41, 5.74) is 6.32. The van der Waals surface area contributed by atoms with Crippen LogP contribution in [-0.4, -0.2) is 22.7 Å². The Morgan fingerprint density at radius 2 is 2.40 bits per heavy atom. The zero-order valence-electron chi connectivity index (χ0n) is 8.15. The van der Waals surface area contributed by atoms with E-state index in [9.17, 15) is 9.90 Å². The fraction of sp³-hybridized carbons (Fsp3) is 0.222. The van der Waals surface area contributed by atoms with E-state index in [2.05, 4.69) is 11.0 Å². The molecule has 0 fully saturated rings. The van der Waals surface area contributed by atoms with Gasteiger partial charge in [-0.3, -0.25) is 10.4 Å². The monoisotopic (exact) mass is 209 g/mol. The van der Waals surface area contributed by atoms with Crippen molar-refractivity contribution in [3.8, 4) is 0 Å². The summed E-state index contributed by atoms with van der Waals surface area (Å²) < 4.78 is 4.86. The van der Waals surface area contributed by atoms with E-state index in [1.807, 2.05) is 0 Å². The van der Waals surface area contributed by atoms with E-state index in [1.54, 1.807) is 13.0 Å². The Bertz CT molecular complexity index is 384.